The van der Waals surface area contributed by atoms with Gasteiger partial charge in [0.2, 0.25) is 11.8 Å². The van der Waals surface area contributed by atoms with Gasteiger partial charge in [-0.15, -0.1) is 0 Å². The summed E-state index contributed by atoms with van der Waals surface area (Å²) in [7, 11) is 0. The standard InChI is InChI=1S/C32H33F6NO5/c1-3-6-19-12-23-28(24(16-40)27(19)26(42)10-9-17(2)11-18-7-4-5-8-25(18)41)30(44)39(29(23)43)22-14-20(31(33,34)35)13-21(15-22)32(36,37)38/h4-5,7-8,11,13-15,23-24,26,28,40-42H,3,6,9-10,12,16H2,1-2H3/b17-11+/t23-,24+,26-,28-/m1/s1. The van der Waals surface area contributed by atoms with E-state index >= 15 is 0 Å². The lowest BCUT2D eigenvalue weighted by molar-refractivity contribution is -0.143. The molecule has 12 heteroatoms. The average molecular weight is 626 g/mol. The Bertz CT molecular complexity index is 1450. The Balaban J connectivity index is 1.67. The lowest BCUT2D eigenvalue weighted by atomic mass is 9.67. The zero-order valence-corrected chi connectivity index (χ0v) is 24.0. The lowest BCUT2D eigenvalue weighted by Gasteiger charge is -2.36. The molecule has 1 aliphatic carbocycles. The van der Waals surface area contributed by atoms with Gasteiger partial charge >= 0.3 is 12.4 Å². The maximum Gasteiger partial charge on any atom is 0.416 e. The SMILES string of the molecule is CCCC1=C([C@H](O)CC/C(C)=C/c2ccccc2O)[C@H](CO)[C@@H]2C(=O)N(c3cc(C(F)(F)F)cc(C(F)(F)F)c3)C(=O)[C@@H]2C1. The number of aliphatic hydroxyl groups excluding tert-OH is 2. The van der Waals surface area contributed by atoms with Gasteiger partial charge in [-0.2, -0.15) is 26.3 Å². The first-order chi connectivity index (χ1) is 20.6. The second-order valence-electron chi connectivity index (χ2n) is 11.3. The van der Waals surface area contributed by atoms with Crippen molar-refractivity contribution in [2.45, 2.75) is 64.4 Å². The molecule has 0 aromatic heterocycles. The number of amides is 2. The molecule has 1 fully saturated rings. The first kappa shape index (κ1) is 33.3. The van der Waals surface area contributed by atoms with Crippen molar-refractivity contribution in [3.05, 3.63) is 75.9 Å². The van der Waals surface area contributed by atoms with Crippen molar-refractivity contribution >= 4 is 23.6 Å². The summed E-state index contributed by atoms with van der Waals surface area (Å²) in [4.78, 5) is 27.6. The van der Waals surface area contributed by atoms with Gasteiger partial charge in [0.05, 0.1) is 41.4 Å². The number of nitrogens with zero attached hydrogens (tertiary/aromatic N) is 1. The van der Waals surface area contributed by atoms with E-state index in [0.29, 0.717) is 53.0 Å². The summed E-state index contributed by atoms with van der Waals surface area (Å²) in [6.07, 6.45) is -8.25. The maximum atomic E-state index is 13.7. The largest absolute Gasteiger partial charge is 0.507 e. The number of allylic oxidation sites excluding steroid dienone is 2. The molecule has 0 saturated carbocycles. The van der Waals surface area contributed by atoms with E-state index in [-0.39, 0.29) is 24.7 Å². The molecule has 0 unspecified atom stereocenters. The number of carbonyl (C=O) groups is 2. The fourth-order valence-electron chi connectivity index (χ4n) is 6.29. The molecule has 2 amide bonds. The molecule has 2 aromatic rings. The van der Waals surface area contributed by atoms with Crippen LogP contribution in [-0.2, 0) is 21.9 Å². The summed E-state index contributed by atoms with van der Waals surface area (Å²) in [5, 5.41) is 31.8. The Morgan fingerprint density at radius 3 is 2.18 bits per heavy atom. The van der Waals surface area contributed by atoms with Gasteiger partial charge in [0.25, 0.3) is 0 Å². The predicted molar refractivity (Wildman–Crippen MR) is 150 cm³/mol. The van der Waals surface area contributed by atoms with Crippen molar-refractivity contribution in [3.8, 4) is 5.75 Å². The first-order valence-electron chi connectivity index (χ1n) is 14.2. The van der Waals surface area contributed by atoms with Gasteiger partial charge in [-0.1, -0.05) is 48.8 Å². The highest BCUT2D eigenvalue weighted by Gasteiger charge is 2.55. The Morgan fingerprint density at radius 2 is 1.64 bits per heavy atom. The smallest absolute Gasteiger partial charge is 0.416 e. The number of phenols is 1. The number of benzene rings is 2. The number of phenolic OH excluding ortho intramolecular Hbond substituents is 1. The molecule has 6 nitrogen and oxygen atoms in total. The molecule has 2 aromatic carbocycles. The van der Waals surface area contributed by atoms with Crippen LogP contribution in [0, 0.1) is 17.8 Å². The molecule has 0 radical (unpaired) electrons. The number of hydrogen-bond donors (Lipinski definition) is 3. The van der Waals surface area contributed by atoms with Crippen LogP contribution < -0.4 is 4.90 Å². The van der Waals surface area contributed by atoms with Crippen LogP contribution in [0.2, 0.25) is 0 Å². The molecule has 44 heavy (non-hydrogen) atoms. The van der Waals surface area contributed by atoms with Gasteiger partial charge in [-0.3, -0.25) is 9.59 Å². The molecule has 4 rings (SSSR count). The van der Waals surface area contributed by atoms with E-state index in [4.69, 9.17) is 0 Å². The minimum Gasteiger partial charge on any atom is -0.507 e. The molecule has 2 aliphatic rings. The van der Waals surface area contributed by atoms with E-state index in [0.717, 1.165) is 5.57 Å². The van der Waals surface area contributed by atoms with Crippen LogP contribution in [0.15, 0.2) is 59.2 Å². The van der Waals surface area contributed by atoms with E-state index in [1.54, 1.807) is 24.3 Å². The summed E-state index contributed by atoms with van der Waals surface area (Å²) in [5.41, 5.74) is -1.77. The zero-order valence-electron chi connectivity index (χ0n) is 24.0. The summed E-state index contributed by atoms with van der Waals surface area (Å²) >= 11 is 0. The molecule has 4 atom stereocenters. The highest BCUT2D eigenvalue weighted by molar-refractivity contribution is 6.22. The number of para-hydroxylation sites is 1. The number of fused-ring (bicyclic) bond motifs is 1. The fraction of sp³-hybridized carbons (Fsp3) is 0.438. The van der Waals surface area contributed by atoms with Crippen molar-refractivity contribution in [2.24, 2.45) is 17.8 Å². The highest BCUT2D eigenvalue weighted by atomic mass is 19.4. The van der Waals surface area contributed by atoms with Crippen molar-refractivity contribution in [2.75, 3.05) is 11.5 Å². The van der Waals surface area contributed by atoms with Crippen molar-refractivity contribution in [1.82, 2.24) is 0 Å². The minimum atomic E-state index is -5.18. The third-order valence-corrected chi connectivity index (χ3v) is 8.27. The number of aliphatic hydroxyl groups is 2. The van der Waals surface area contributed by atoms with Crippen LogP contribution in [-0.4, -0.2) is 39.8 Å². The molecule has 3 N–H and O–H groups in total. The fourth-order valence-corrected chi connectivity index (χ4v) is 6.29. The molecule has 1 saturated heterocycles. The molecule has 1 heterocycles. The summed E-state index contributed by atoms with van der Waals surface area (Å²) in [5.74, 6) is -5.36. The van der Waals surface area contributed by atoms with Crippen LogP contribution in [0.25, 0.3) is 6.08 Å². The average Bonchev–Trinajstić information content (AvgIpc) is 3.20. The Morgan fingerprint density at radius 1 is 1.02 bits per heavy atom. The molecule has 1 aliphatic heterocycles. The van der Waals surface area contributed by atoms with Crippen molar-refractivity contribution in [1.29, 1.82) is 0 Å². The third kappa shape index (κ3) is 6.71. The number of hydrogen-bond acceptors (Lipinski definition) is 5. The summed E-state index contributed by atoms with van der Waals surface area (Å²) in [6, 6.07) is 7.29. The molecule has 0 spiro atoms. The van der Waals surface area contributed by atoms with Crippen LogP contribution in [0.3, 0.4) is 0 Å². The van der Waals surface area contributed by atoms with Gasteiger partial charge in [0, 0.05) is 11.5 Å². The number of imide groups is 1. The van der Waals surface area contributed by atoms with E-state index in [1.165, 1.54) is 6.07 Å². The van der Waals surface area contributed by atoms with Crippen molar-refractivity contribution in [3.63, 3.8) is 0 Å². The van der Waals surface area contributed by atoms with Gasteiger partial charge in [-0.25, -0.2) is 4.90 Å². The van der Waals surface area contributed by atoms with Gasteiger partial charge in [0.1, 0.15) is 5.75 Å². The van der Waals surface area contributed by atoms with Crippen LogP contribution >= 0.6 is 0 Å². The molecule has 238 valence electrons. The van der Waals surface area contributed by atoms with Crippen LogP contribution in [0.5, 0.6) is 5.75 Å². The van der Waals surface area contributed by atoms with E-state index in [9.17, 15) is 51.3 Å². The zero-order chi connectivity index (χ0) is 32.6. The molecular formula is C32H33F6NO5. The first-order valence-corrected chi connectivity index (χ1v) is 14.2. The van der Waals surface area contributed by atoms with Gasteiger partial charge in [-0.05, 0) is 62.4 Å². The van der Waals surface area contributed by atoms with Crippen LogP contribution in [0.4, 0.5) is 32.0 Å². The molecule has 0 bridgehead atoms. The van der Waals surface area contributed by atoms with Crippen molar-refractivity contribution < 1.29 is 51.3 Å². The van der Waals surface area contributed by atoms with E-state index < -0.39 is 71.4 Å². The van der Waals surface area contributed by atoms with E-state index in [2.05, 4.69) is 0 Å². The van der Waals surface area contributed by atoms with Crippen LogP contribution in [0.1, 0.15) is 62.6 Å². The van der Waals surface area contributed by atoms with Gasteiger partial charge < -0.3 is 15.3 Å². The molecular weight excluding hydrogens is 592 g/mol. The normalized spacial score (nSPS) is 22.1. The quantitative estimate of drug-likeness (QED) is 0.160. The number of rotatable bonds is 9. The minimum absolute atomic E-state index is 0.0275. The number of anilines is 1. The Kier molecular flexibility index (Phi) is 9.65. The second-order valence-corrected chi connectivity index (χ2v) is 11.3. The monoisotopic (exact) mass is 625 g/mol. The highest BCUT2D eigenvalue weighted by Crippen LogP contribution is 2.49. The number of halogens is 6. The second kappa shape index (κ2) is 12.8. The third-order valence-electron chi connectivity index (χ3n) is 8.27. The van der Waals surface area contributed by atoms with E-state index in [1.807, 2.05) is 13.8 Å². The number of alkyl halides is 6. The number of carbonyl (C=O) groups excluding carboxylic acids is 2. The topological polar surface area (TPSA) is 98.1 Å². The Labute approximate surface area is 250 Å². The maximum absolute atomic E-state index is 13.7. The Hall–Kier alpha value is -3.64. The predicted octanol–water partition coefficient (Wildman–Crippen LogP) is 6.89. The van der Waals surface area contributed by atoms with Gasteiger partial charge in [0.15, 0.2) is 0 Å². The summed E-state index contributed by atoms with van der Waals surface area (Å²) in [6.45, 7) is 2.99. The lowest BCUT2D eigenvalue weighted by Crippen LogP contribution is -2.39. The number of aromatic hydroxyl groups is 1. The summed E-state index contributed by atoms with van der Waals surface area (Å²) < 4.78 is 81.2.